The lowest BCUT2D eigenvalue weighted by atomic mass is 9.45. The van der Waals surface area contributed by atoms with E-state index in [1.54, 1.807) is 6.92 Å². The van der Waals surface area contributed by atoms with Crippen LogP contribution in [0.1, 0.15) is 44.1 Å². The van der Waals surface area contributed by atoms with Crippen molar-refractivity contribution in [1.82, 2.24) is 0 Å². The number of carbonyl (C=O) groups is 2. The molecule has 0 aliphatic heterocycles. The van der Waals surface area contributed by atoms with E-state index in [-0.39, 0.29) is 24.8 Å². The van der Waals surface area contributed by atoms with Crippen molar-refractivity contribution >= 4 is 11.6 Å². The average Bonchev–Trinajstić information content (AvgIpc) is 2.84. The molecule has 136 valence electrons. The largest absolute Gasteiger partial charge is 0.390 e. The molecule has 1 N–H and O–H groups in total. The maximum absolute atomic E-state index is 16.7. The number of aliphatic hydroxyl groups is 1. The fraction of sp³-hybridized carbons (Fsp3) is 0.700. The first-order valence-corrected chi connectivity index (χ1v) is 8.77. The highest BCUT2D eigenvalue weighted by atomic mass is 19.1. The van der Waals surface area contributed by atoms with Gasteiger partial charge < -0.3 is 5.11 Å². The second kappa shape index (κ2) is 4.87. The van der Waals surface area contributed by atoms with E-state index in [0.717, 1.165) is 6.08 Å². The summed E-state index contributed by atoms with van der Waals surface area (Å²) < 4.78 is 54.9. The molecule has 8 atom stereocenters. The van der Waals surface area contributed by atoms with Gasteiger partial charge in [-0.25, -0.2) is 8.78 Å². The maximum Gasteiger partial charge on any atom is 0.178 e. The van der Waals surface area contributed by atoms with Gasteiger partial charge in [0.1, 0.15) is 12.0 Å². The summed E-state index contributed by atoms with van der Waals surface area (Å²) in [5.74, 6) is -3.85. The number of ketones is 2. The van der Waals surface area contributed by atoms with E-state index in [2.05, 4.69) is 0 Å². The van der Waals surface area contributed by atoms with Crippen molar-refractivity contribution in [2.24, 2.45) is 28.6 Å². The van der Waals surface area contributed by atoms with E-state index in [1.165, 1.54) is 19.1 Å². The lowest BCUT2D eigenvalue weighted by molar-refractivity contribution is -0.196. The van der Waals surface area contributed by atoms with Crippen molar-refractivity contribution in [3.8, 4) is 0 Å². The number of halogens is 2. The zero-order chi connectivity index (χ0) is 20.9. The van der Waals surface area contributed by atoms with E-state index in [0.29, 0.717) is 0 Å². The summed E-state index contributed by atoms with van der Waals surface area (Å²) in [7, 11) is 0. The van der Waals surface area contributed by atoms with Crippen LogP contribution in [-0.2, 0) is 9.59 Å². The molecule has 0 aromatic heterocycles. The predicted molar refractivity (Wildman–Crippen MR) is 88.2 cm³/mol. The molecule has 4 aliphatic carbocycles. The van der Waals surface area contributed by atoms with Gasteiger partial charge in [0.05, 0.1) is 6.10 Å². The Labute approximate surface area is 150 Å². The number of Topliss-reactive ketones (excluding diaryl/α,β-unsaturated/α-hetero) is 1. The van der Waals surface area contributed by atoms with Crippen LogP contribution >= 0.6 is 0 Å². The molecule has 0 saturated heterocycles. The van der Waals surface area contributed by atoms with E-state index in [9.17, 15) is 14.7 Å². The fourth-order valence-electron chi connectivity index (χ4n) is 6.03. The normalized spacial score (nSPS) is 56.9. The lowest BCUT2D eigenvalue weighted by Gasteiger charge is -2.61. The number of carbonyl (C=O) groups excluding carboxylic acids is 2. The van der Waals surface area contributed by atoms with Crippen LogP contribution in [0, 0.1) is 28.6 Å². The van der Waals surface area contributed by atoms with Crippen LogP contribution in [0.15, 0.2) is 23.8 Å². The van der Waals surface area contributed by atoms with Gasteiger partial charge in [0, 0.05) is 26.8 Å². The highest BCUT2D eigenvalue weighted by Gasteiger charge is 2.72. The van der Waals surface area contributed by atoms with E-state index >= 15 is 8.78 Å². The van der Waals surface area contributed by atoms with Crippen LogP contribution < -0.4 is 0 Å². The van der Waals surface area contributed by atoms with Gasteiger partial charge in [-0.1, -0.05) is 19.9 Å². The van der Waals surface area contributed by atoms with Crippen LogP contribution in [0.25, 0.3) is 0 Å². The van der Waals surface area contributed by atoms with Gasteiger partial charge in [0.15, 0.2) is 11.5 Å². The first-order valence-electron chi connectivity index (χ1n) is 10.3. The highest BCUT2D eigenvalue weighted by Crippen LogP contribution is 2.67. The fourth-order valence-corrected chi connectivity index (χ4v) is 6.03. The molecule has 3 fully saturated rings. The smallest absolute Gasteiger partial charge is 0.178 e. The van der Waals surface area contributed by atoms with E-state index in [1.807, 2.05) is 0 Å². The number of alkyl halides is 2. The third-order valence-electron chi connectivity index (χ3n) is 7.39. The summed E-state index contributed by atoms with van der Waals surface area (Å²) in [6.07, 6.45) is -0.0814. The van der Waals surface area contributed by atoms with Gasteiger partial charge in [-0.3, -0.25) is 9.59 Å². The molecular weight excluding hydrogens is 326 g/mol. The first kappa shape index (κ1) is 13.8. The van der Waals surface area contributed by atoms with Crippen molar-refractivity contribution < 1.29 is 27.6 Å². The Morgan fingerprint density at radius 2 is 2.00 bits per heavy atom. The Hall–Kier alpha value is -1.36. The molecule has 3 nitrogen and oxygen atoms in total. The molecule has 4 aliphatic rings. The zero-order valence-corrected chi connectivity index (χ0v) is 14.3. The van der Waals surface area contributed by atoms with Gasteiger partial charge in [-0.2, -0.15) is 0 Å². The molecule has 4 rings (SSSR count). The number of hydrogen-bond acceptors (Lipinski definition) is 3. The summed E-state index contributed by atoms with van der Waals surface area (Å²) in [6.45, 7) is 0.539. The Kier molecular flexibility index (Phi) is 2.69. The molecule has 0 amide bonds. The second-order valence-electron chi connectivity index (χ2n) is 8.51. The molecular formula is C20H24F2O3. The van der Waals surface area contributed by atoms with Crippen molar-refractivity contribution in [3.63, 3.8) is 0 Å². The van der Waals surface area contributed by atoms with E-state index < -0.39 is 64.9 Å². The minimum atomic E-state index is -2.52. The first-order chi connectivity index (χ1) is 12.8. The van der Waals surface area contributed by atoms with E-state index in [4.69, 9.17) is 4.11 Å². The quantitative estimate of drug-likeness (QED) is 0.728. The molecule has 0 aromatic carbocycles. The Morgan fingerprint density at radius 1 is 1.28 bits per heavy atom. The maximum atomic E-state index is 16.7. The topological polar surface area (TPSA) is 54.4 Å². The zero-order valence-electron chi connectivity index (χ0n) is 17.3. The summed E-state index contributed by atoms with van der Waals surface area (Å²) >= 11 is 0. The van der Waals surface area contributed by atoms with Crippen LogP contribution in [-0.4, -0.2) is 34.6 Å². The Morgan fingerprint density at radius 3 is 2.68 bits per heavy atom. The van der Waals surface area contributed by atoms with Crippen molar-refractivity contribution in [2.75, 3.05) is 0 Å². The monoisotopic (exact) mass is 353 g/mol. The molecule has 0 bridgehead atoms. The highest BCUT2D eigenvalue weighted by molar-refractivity contribution is 6.01. The molecule has 0 unspecified atom stereocenters. The number of hydrogen-bond donors (Lipinski definition) is 1. The molecule has 0 heterocycles. The molecule has 0 aromatic rings. The molecule has 3 saturated carbocycles. The molecule has 0 spiro atoms. The molecule has 0 radical (unpaired) electrons. The Bertz CT molecular complexity index is 822. The van der Waals surface area contributed by atoms with Gasteiger partial charge in [-0.15, -0.1) is 0 Å². The number of aliphatic hydroxyl groups excluding tert-OH is 1. The minimum Gasteiger partial charge on any atom is -0.390 e. The lowest BCUT2D eigenvalue weighted by Crippen LogP contribution is -2.68. The van der Waals surface area contributed by atoms with Crippen molar-refractivity contribution in [1.29, 1.82) is 0 Å². The van der Waals surface area contributed by atoms with Gasteiger partial charge >= 0.3 is 0 Å². The number of allylic oxidation sites excluding steroid dienone is 4. The molecule has 25 heavy (non-hydrogen) atoms. The number of rotatable bonds is 0. The predicted octanol–water partition coefficient (Wildman–Crippen LogP) is 3.12. The minimum absolute atomic E-state index is 0.0121. The van der Waals surface area contributed by atoms with Crippen molar-refractivity contribution in [2.45, 2.75) is 57.9 Å². The van der Waals surface area contributed by atoms with Crippen molar-refractivity contribution in [3.05, 3.63) is 23.8 Å². The summed E-state index contributed by atoms with van der Waals surface area (Å²) in [5.41, 5.74) is -5.00. The van der Waals surface area contributed by atoms with Gasteiger partial charge in [0.25, 0.3) is 0 Å². The third kappa shape index (κ3) is 1.83. The summed E-state index contributed by atoms with van der Waals surface area (Å²) in [4.78, 5) is 24.7. The average molecular weight is 353 g/mol. The summed E-state index contributed by atoms with van der Waals surface area (Å²) in [5, 5.41) is 10.9. The Balaban J connectivity index is 1.85. The number of fused-ring (bicyclic) bond motifs is 5. The summed E-state index contributed by atoms with van der Waals surface area (Å²) in [6, 6.07) is 0. The van der Waals surface area contributed by atoms with Gasteiger partial charge in [0.2, 0.25) is 0 Å². The SMILES string of the molecule is [2H]C([2H])([2H])[C@@H]1C[C@H]2[C@@H]3C[C@H](F)C4=CC(=O)C=C[C@]4(C)[C@@]3(F)[C@@H](O)C[C@]2(C)C1=O. The van der Waals surface area contributed by atoms with Crippen LogP contribution in [0.2, 0.25) is 0 Å². The van der Waals surface area contributed by atoms with Crippen LogP contribution in [0.5, 0.6) is 0 Å². The van der Waals surface area contributed by atoms with Crippen LogP contribution in [0.4, 0.5) is 8.78 Å². The second-order valence-corrected chi connectivity index (χ2v) is 8.51. The third-order valence-corrected chi connectivity index (χ3v) is 7.39. The molecule has 5 heteroatoms. The standard InChI is InChI=1S/C20H24F2O3/c1-10-6-12-13-8-15(21)14-7-11(23)4-5-19(14,3)20(13,22)16(24)9-18(12,2)17(10)25/h4-5,7,10,12-13,15-16,24H,6,8-9H2,1-3H3/t10-,12+,13+,15+,16+,18+,19+,20+/m1/s1/i1D3. The van der Waals surface area contributed by atoms with Crippen LogP contribution in [0.3, 0.4) is 0 Å². The van der Waals surface area contributed by atoms with Gasteiger partial charge in [-0.05, 0) is 49.8 Å².